The minimum Gasteiger partial charge on any atom is -0.480 e. The monoisotopic (exact) mass is 275 g/mol. The molecule has 0 aliphatic heterocycles. The lowest BCUT2D eigenvalue weighted by Crippen LogP contribution is -2.34. The van der Waals surface area contributed by atoms with E-state index in [-0.39, 0.29) is 5.96 Å². The Morgan fingerprint density at radius 1 is 1.32 bits per heavy atom. The molecule has 0 heterocycles. The SMILES string of the molecule is CCN(CC)CC.N=C(N)NCCC[C@H](N)C(=O)O. The number of nitrogens with one attached hydrogen (secondary N) is 2. The molecule has 0 spiro atoms. The molecule has 0 saturated carbocycles. The van der Waals surface area contributed by atoms with E-state index < -0.39 is 12.0 Å². The van der Waals surface area contributed by atoms with Crippen molar-refractivity contribution in [1.29, 1.82) is 5.41 Å². The van der Waals surface area contributed by atoms with Crippen LogP contribution in [-0.2, 0) is 4.79 Å². The van der Waals surface area contributed by atoms with Gasteiger partial charge in [0.05, 0.1) is 0 Å². The van der Waals surface area contributed by atoms with Crippen LogP contribution < -0.4 is 16.8 Å². The molecule has 19 heavy (non-hydrogen) atoms. The summed E-state index contributed by atoms with van der Waals surface area (Å²) in [5, 5.41) is 17.7. The molecule has 0 radical (unpaired) electrons. The number of nitrogens with two attached hydrogens (primary N) is 2. The molecule has 0 aromatic rings. The highest BCUT2D eigenvalue weighted by atomic mass is 16.4. The number of carboxylic acids is 1. The van der Waals surface area contributed by atoms with Gasteiger partial charge in [-0.05, 0) is 32.5 Å². The zero-order chi connectivity index (χ0) is 15.3. The van der Waals surface area contributed by atoms with Crippen molar-refractivity contribution in [1.82, 2.24) is 10.2 Å². The Balaban J connectivity index is 0. The number of carbonyl (C=O) groups is 1. The first-order chi connectivity index (χ1) is 8.88. The summed E-state index contributed by atoms with van der Waals surface area (Å²) >= 11 is 0. The molecule has 0 aromatic heterocycles. The first kappa shape index (κ1) is 20.0. The second kappa shape index (κ2) is 13.1. The Morgan fingerprint density at radius 2 is 1.79 bits per heavy atom. The molecule has 0 rings (SSSR count). The summed E-state index contributed by atoms with van der Waals surface area (Å²) in [5.41, 5.74) is 10.2. The third-order valence-corrected chi connectivity index (χ3v) is 2.67. The minimum absolute atomic E-state index is 0.112. The third kappa shape index (κ3) is 14.6. The standard InChI is InChI=1S/C6H14N4O2.C6H15N/c7-4(5(11)12)2-1-3-10-6(8)9;1-4-7(5-2)6-3/h4H,1-3,7H2,(H,11,12)(H4,8,9,10);4-6H2,1-3H3/t4-;/m0./s1. The van der Waals surface area contributed by atoms with Gasteiger partial charge in [-0.15, -0.1) is 0 Å². The van der Waals surface area contributed by atoms with Gasteiger partial charge in [0.1, 0.15) is 6.04 Å². The molecule has 7 heteroatoms. The molecule has 0 amide bonds. The van der Waals surface area contributed by atoms with Crippen molar-refractivity contribution >= 4 is 11.9 Å². The van der Waals surface area contributed by atoms with E-state index in [4.69, 9.17) is 22.0 Å². The quantitative estimate of drug-likeness (QED) is 0.241. The maximum absolute atomic E-state index is 10.2. The molecule has 0 saturated heterocycles. The summed E-state index contributed by atoms with van der Waals surface area (Å²) < 4.78 is 0. The predicted octanol–water partition coefficient (Wildman–Crippen LogP) is 0.00967. The lowest BCUT2D eigenvalue weighted by Gasteiger charge is -2.13. The highest BCUT2D eigenvalue weighted by molar-refractivity contribution is 5.74. The van der Waals surface area contributed by atoms with E-state index in [9.17, 15) is 4.79 Å². The van der Waals surface area contributed by atoms with Gasteiger partial charge in [-0.1, -0.05) is 20.8 Å². The van der Waals surface area contributed by atoms with Crippen LogP contribution in [0.3, 0.4) is 0 Å². The molecular weight excluding hydrogens is 246 g/mol. The normalized spacial score (nSPS) is 11.4. The molecule has 7 N–H and O–H groups in total. The maximum Gasteiger partial charge on any atom is 0.320 e. The van der Waals surface area contributed by atoms with Crippen molar-refractivity contribution in [2.45, 2.75) is 39.7 Å². The third-order valence-electron chi connectivity index (χ3n) is 2.67. The first-order valence-electron chi connectivity index (χ1n) is 6.67. The maximum atomic E-state index is 10.2. The molecule has 0 bridgehead atoms. The summed E-state index contributed by atoms with van der Waals surface area (Å²) in [6.07, 6.45) is 0.975. The van der Waals surface area contributed by atoms with Gasteiger partial charge in [0.25, 0.3) is 0 Å². The zero-order valence-electron chi connectivity index (χ0n) is 12.3. The van der Waals surface area contributed by atoms with Crippen LogP contribution in [0.25, 0.3) is 0 Å². The number of aliphatic carboxylic acids is 1. The summed E-state index contributed by atoms with van der Waals surface area (Å²) in [5.74, 6) is -1.11. The Kier molecular flexibility index (Phi) is 13.8. The van der Waals surface area contributed by atoms with Crippen molar-refractivity contribution in [2.75, 3.05) is 26.2 Å². The molecule has 1 atom stereocenters. The van der Waals surface area contributed by atoms with Gasteiger partial charge in [-0.3, -0.25) is 10.2 Å². The summed E-state index contributed by atoms with van der Waals surface area (Å²) in [6, 6.07) is -0.821. The van der Waals surface area contributed by atoms with Crippen LogP contribution in [0.5, 0.6) is 0 Å². The number of hydrogen-bond donors (Lipinski definition) is 5. The number of rotatable bonds is 8. The van der Waals surface area contributed by atoms with Gasteiger partial charge in [-0.25, -0.2) is 0 Å². The number of hydrogen-bond acceptors (Lipinski definition) is 4. The van der Waals surface area contributed by atoms with E-state index in [1.807, 2.05) is 0 Å². The van der Waals surface area contributed by atoms with E-state index in [0.29, 0.717) is 19.4 Å². The molecule has 7 nitrogen and oxygen atoms in total. The number of guanidine groups is 1. The fourth-order valence-corrected chi connectivity index (χ4v) is 1.34. The van der Waals surface area contributed by atoms with Gasteiger partial charge in [0, 0.05) is 6.54 Å². The lowest BCUT2D eigenvalue weighted by atomic mass is 10.2. The van der Waals surface area contributed by atoms with E-state index in [1.165, 1.54) is 19.6 Å². The first-order valence-corrected chi connectivity index (χ1v) is 6.67. The molecule has 0 aliphatic carbocycles. The fourth-order valence-electron chi connectivity index (χ4n) is 1.34. The van der Waals surface area contributed by atoms with Crippen LogP contribution in [-0.4, -0.2) is 54.2 Å². The van der Waals surface area contributed by atoms with Crippen LogP contribution in [0.1, 0.15) is 33.6 Å². The number of nitrogens with zero attached hydrogens (tertiary/aromatic N) is 1. The summed E-state index contributed by atoms with van der Waals surface area (Å²) in [4.78, 5) is 12.6. The molecule has 0 fully saturated rings. The van der Waals surface area contributed by atoms with Crippen molar-refractivity contribution in [3.05, 3.63) is 0 Å². The molecule has 0 aliphatic rings. The topological polar surface area (TPSA) is 128 Å². The van der Waals surface area contributed by atoms with Crippen LogP contribution in [0, 0.1) is 5.41 Å². The van der Waals surface area contributed by atoms with Gasteiger partial charge < -0.3 is 26.8 Å². The predicted molar refractivity (Wildman–Crippen MR) is 78.2 cm³/mol. The zero-order valence-corrected chi connectivity index (χ0v) is 12.3. The largest absolute Gasteiger partial charge is 0.480 e. The average Bonchev–Trinajstić information content (AvgIpc) is 2.37. The molecule has 0 unspecified atom stereocenters. The second-order valence-corrected chi connectivity index (χ2v) is 4.05. The highest BCUT2D eigenvalue weighted by Crippen LogP contribution is 1.92. The molecule has 0 aromatic carbocycles. The van der Waals surface area contributed by atoms with Crippen LogP contribution in [0.2, 0.25) is 0 Å². The Hall–Kier alpha value is -1.34. The van der Waals surface area contributed by atoms with Crippen molar-refractivity contribution in [3.63, 3.8) is 0 Å². The highest BCUT2D eigenvalue weighted by Gasteiger charge is 2.09. The van der Waals surface area contributed by atoms with Crippen LogP contribution in [0.4, 0.5) is 0 Å². The van der Waals surface area contributed by atoms with Gasteiger partial charge >= 0.3 is 5.97 Å². The van der Waals surface area contributed by atoms with Crippen LogP contribution >= 0.6 is 0 Å². The molecular formula is C12H29N5O2. The minimum atomic E-state index is -1.00. The fraction of sp³-hybridized carbons (Fsp3) is 0.833. The summed E-state index contributed by atoms with van der Waals surface area (Å²) in [6.45, 7) is 10.6. The Morgan fingerprint density at radius 3 is 2.05 bits per heavy atom. The van der Waals surface area contributed by atoms with Crippen molar-refractivity contribution < 1.29 is 9.90 Å². The average molecular weight is 275 g/mol. The van der Waals surface area contributed by atoms with E-state index in [1.54, 1.807) is 0 Å². The van der Waals surface area contributed by atoms with Gasteiger partial charge in [-0.2, -0.15) is 0 Å². The Bertz CT molecular complexity index is 239. The number of carboxylic acid groups (broad SMARTS) is 1. The van der Waals surface area contributed by atoms with Crippen molar-refractivity contribution in [2.24, 2.45) is 11.5 Å². The second-order valence-electron chi connectivity index (χ2n) is 4.05. The Labute approximate surface area is 115 Å². The van der Waals surface area contributed by atoms with Crippen LogP contribution in [0.15, 0.2) is 0 Å². The van der Waals surface area contributed by atoms with Crippen molar-refractivity contribution in [3.8, 4) is 0 Å². The smallest absolute Gasteiger partial charge is 0.320 e. The van der Waals surface area contributed by atoms with Gasteiger partial charge in [0.2, 0.25) is 0 Å². The van der Waals surface area contributed by atoms with E-state index in [0.717, 1.165) is 0 Å². The lowest BCUT2D eigenvalue weighted by molar-refractivity contribution is -0.138. The van der Waals surface area contributed by atoms with E-state index in [2.05, 4.69) is 31.0 Å². The summed E-state index contributed by atoms with van der Waals surface area (Å²) in [7, 11) is 0. The van der Waals surface area contributed by atoms with E-state index >= 15 is 0 Å². The van der Waals surface area contributed by atoms with Gasteiger partial charge in [0.15, 0.2) is 5.96 Å². The molecule has 114 valence electrons.